The highest BCUT2D eigenvalue weighted by Gasteiger charge is 2.39. The second-order valence-electron chi connectivity index (χ2n) is 8.13. The predicted molar refractivity (Wildman–Crippen MR) is 101 cm³/mol. The number of rotatable bonds is 3. The fraction of sp³-hybridized carbons (Fsp3) is 0.600. The van der Waals surface area contributed by atoms with Crippen molar-refractivity contribution in [3.63, 3.8) is 0 Å². The van der Waals surface area contributed by atoms with Gasteiger partial charge >= 0.3 is 0 Å². The fourth-order valence-electron chi connectivity index (χ4n) is 4.88. The van der Waals surface area contributed by atoms with Crippen LogP contribution in [0.15, 0.2) is 18.2 Å². The number of nitrogens with one attached hydrogen (secondary N) is 2. The molecule has 0 radical (unpaired) electrons. The Morgan fingerprint density at radius 1 is 1.18 bits per heavy atom. The zero-order chi connectivity index (χ0) is 19.1. The predicted octanol–water partition coefficient (Wildman–Crippen LogP) is 0.274. The maximum absolute atomic E-state index is 12.8. The Morgan fingerprint density at radius 3 is 2.96 bits per heavy atom. The first-order valence-corrected chi connectivity index (χ1v) is 10.1. The molecule has 28 heavy (non-hydrogen) atoms. The van der Waals surface area contributed by atoms with Crippen LogP contribution in [0.3, 0.4) is 0 Å². The number of benzene rings is 1. The van der Waals surface area contributed by atoms with Crippen molar-refractivity contribution in [1.29, 1.82) is 0 Å². The van der Waals surface area contributed by atoms with Gasteiger partial charge in [-0.15, -0.1) is 0 Å². The number of amides is 2. The van der Waals surface area contributed by atoms with Crippen LogP contribution < -0.4 is 20.3 Å². The van der Waals surface area contributed by atoms with Gasteiger partial charge in [0.2, 0.25) is 18.6 Å². The molecule has 2 saturated heterocycles. The van der Waals surface area contributed by atoms with E-state index in [1.165, 1.54) is 0 Å². The smallest absolute Gasteiger partial charge is 0.242 e. The Hall–Kier alpha value is -2.32. The van der Waals surface area contributed by atoms with Gasteiger partial charge in [0.25, 0.3) is 0 Å². The van der Waals surface area contributed by atoms with E-state index in [1.54, 1.807) is 4.90 Å². The molecular formula is C20H26N4O4. The van der Waals surface area contributed by atoms with E-state index in [9.17, 15) is 9.59 Å². The molecule has 0 bridgehead atoms. The van der Waals surface area contributed by atoms with Crippen LogP contribution in [0.25, 0.3) is 0 Å². The van der Waals surface area contributed by atoms with Crippen molar-refractivity contribution in [3.05, 3.63) is 23.8 Å². The van der Waals surface area contributed by atoms with E-state index in [0.717, 1.165) is 31.4 Å². The fourth-order valence-corrected chi connectivity index (χ4v) is 4.88. The van der Waals surface area contributed by atoms with Crippen molar-refractivity contribution in [2.75, 3.05) is 33.0 Å². The molecule has 3 aliphatic heterocycles. The van der Waals surface area contributed by atoms with Crippen molar-refractivity contribution >= 4 is 11.8 Å². The zero-order valence-corrected chi connectivity index (χ0v) is 15.9. The maximum Gasteiger partial charge on any atom is 0.242 e. The molecule has 0 aromatic heterocycles. The molecule has 0 spiro atoms. The van der Waals surface area contributed by atoms with Crippen LogP contribution in [0.4, 0.5) is 0 Å². The topological polar surface area (TPSA) is 83.1 Å². The van der Waals surface area contributed by atoms with Gasteiger partial charge in [0, 0.05) is 31.7 Å². The van der Waals surface area contributed by atoms with Gasteiger partial charge in [-0.1, -0.05) is 6.07 Å². The molecule has 1 aromatic rings. The van der Waals surface area contributed by atoms with E-state index >= 15 is 0 Å². The number of hydrazine groups is 1. The Morgan fingerprint density at radius 2 is 2.07 bits per heavy atom. The monoisotopic (exact) mass is 386 g/mol. The van der Waals surface area contributed by atoms with Crippen LogP contribution >= 0.6 is 0 Å². The van der Waals surface area contributed by atoms with Gasteiger partial charge in [0.1, 0.15) is 0 Å². The Bertz CT molecular complexity index is 785. The second kappa shape index (κ2) is 7.25. The molecule has 2 N–H and O–H groups in total. The minimum Gasteiger partial charge on any atom is -0.454 e. The number of nitrogens with zero attached hydrogens (tertiary/aromatic N) is 2. The summed E-state index contributed by atoms with van der Waals surface area (Å²) >= 11 is 0. The van der Waals surface area contributed by atoms with E-state index in [2.05, 4.69) is 10.9 Å². The molecule has 2 amide bonds. The second-order valence-corrected chi connectivity index (χ2v) is 8.13. The molecule has 4 aliphatic rings. The largest absolute Gasteiger partial charge is 0.454 e. The van der Waals surface area contributed by atoms with Crippen molar-refractivity contribution in [2.45, 2.75) is 37.8 Å². The standard InChI is InChI=1S/C20H26N4O4/c25-19(8-13-1-4-17-18(7-13)28-12-27-17)23-5-6-24(20(26)11-23)15-2-3-16-14(9-15)10-21-22-16/h1,4,7,14-16,21-22H,2-3,5-6,8-12H2. The molecule has 3 unspecified atom stereocenters. The quantitative estimate of drug-likeness (QED) is 0.776. The van der Waals surface area contributed by atoms with E-state index in [4.69, 9.17) is 9.47 Å². The zero-order valence-electron chi connectivity index (χ0n) is 15.9. The Kier molecular flexibility index (Phi) is 4.60. The molecule has 150 valence electrons. The molecule has 3 fully saturated rings. The van der Waals surface area contributed by atoms with Crippen LogP contribution in [-0.2, 0) is 16.0 Å². The van der Waals surface area contributed by atoms with Gasteiger partial charge in [-0.3, -0.25) is 20.4 Å². The summed E-state index contributed by atoms with van der Waals surface area (Å²) < 4.78 is 10.7. The SMILES string of the molecule is O=C(Cc1ccc2c(c1)OCO2)N1CCN(C2CCC3NNCC3C2)C(=O)C1. The number of hydrogen-bond donors (Lipinski definition) is 2. The summed E-state index contributed by atoms with van der Waals surface area (Å²) in [4.78, 5) is 29.2. The van der Waals surface area contributed by atoms with Gasteiger partial charge in [-0.25, -0.2) is 0 Å². The summed E-state index contributed by atoms with van der Waals surface area (Å²) in [6.45, 7) is 2.62. The number of hydrogen-bond acceptors (Lipinski definition) is 6. The Labute approximate surface area is 164 Å². The van der Waals surface area contributed by atoms with Crippen LogP contribution in [0.2, 0.25) is 0 Å². The molecule has 1 aliphatic carbocycles. The number of ether oxygens (including phenoxy) is 2. The normalized spacial score (nSPS) is 29.1. The lowest BCUT2D eigenvalue weighted by Crippen LogP contribution is -2.57. The van der Waals surface area contributed by atoms with Crippen molar-refractivity contribution < 1.29 is 19.1 Å². The third-order valence-corrected chi connectivity index (χ3v) is 6.45. The van der Waals surface area contributed by atoms with Gasteiger partial charge in [0.15, 0.2) is 11.5 Å². The van der Waals surface area contributed by atoms with Crippen molar-refractivity contribution in [3.8, 4) is 11.5 Å². The third kappa shape index (κ3) is 3.31. The highest BCUT2D eigenvalue weighted by molar-refractivity contribution is 5.87. The van der Waals surface area contributed by atoms with Crippen LogP contribution in [0.1, 0.15) is 24.8 Å². The van der Waals surface area contributed by atoms with Crippen molar-refractivity contribution in [2.24, 2.45) is 5.92 Å². The molecule has 1 saturated carbocycles. The van der Waals surface area contributed by atoms with Crippen LogP contribution in [0.5, 0.6) is 11.5 Å². The van der Waals surface area contributed by atoms with E-state index < -0.39 is 0 Å². The molecule has 1 aromatic carbocycles. The third-order valence-electron chi connectivity index (χ3n) is 6.45. The van der Waals surface area contributed by atoms with Crippen molar-refractivity contribution in [1.82, 2.24) is 20.7 Å². The van der Waals surface area contributed by atoms with Crippen LogP contribution in [-0.4, -0.2) is 66.7 Å². The highest BCUT2D eigenvalue weighted by Crippen LogP contribution is 2.33. The lowest BCUT2D eigenvalue weighted by Gasteiger charge is -2.42. The van der Waals surface area contributed by atoms with E-state index in [1.807, 2.05) is 23.1 Å². The average Bonchev–Trinajstić information content (AvgIpc) is 3.36. The lowest BCUT2D eigenvalue weighted by atomic mass is 9.82. The number of carbonyl (C=O) groups excluding carboxylic acids is 2. The first kappa shape index (κ1) is 17.8. The number of carbonyl (C=O) groups is 2. The lowest BCUT2D eigenvalue weighted by molar-refractivity contribution is -0.147. The molecule has 8 nitrogen and oxygen atoms in total. The van der Waals surface area contributed by atoms with Gasteiger partial charge < -0.3 is 19.3 Å². The minimum atomic E-state index is -0.0141. The summed E-state index contributed by atoms with van der Waals surface area (Å²) in [7, 11) is 0. The van der Waals surface area contributed by atoms with Gasteiger partial charge in [0.05, 0.1) is 13.0 Å². The first-order valence-electron chi connectivity index (χ1n) is 10.1. The molecular weight excluding hydrogens is 360 g/mol. The maximum atomic E-state index is 12.8. The number of piperazine rings is 1. The average molecular weight is 386 g/mol. The highest BCUT2D eigenvalue weighted by atomic mass is 16.7. The first-order chi connectivity index (χ1) is 13.7. The van der Waals surface area contributed by atoms with Gasteiger partial charge in [-0.2, -0.15) is 0 Å². The molecule has 5 rings (SSSR count). The summed E-state index contributed by atoms with van der Waals surface area (Å²) in [5.74, 6) is 2.05. The van der Waals surface area contributed by atoms with E-state index in [0.29, 0.717) is 42.6 Å². The van der Waals surface area contributed by atoms with E-state index in [-0.39, 0.29) is 31.6 Å². The summed E-state index contributed by atoms with van der Waals surface area (Å²) in [6.07, 6.45) is 3.45. The minimum absolute atomic E-state index is 0.0141. The molecule has 8 heteroatoms. The summed E-state index contributed by atoms with van der Waals surface area (Å²) in [6, 6.07) is 6.40. The molecule has 3 atom stereocenters. The Balaban J connectivity index is 1.17. The summed E-state index contributed by atoms with van der Waals surface area (Å²) in [5.41, 5.74) is 7.45. The summed E-state index contributed by atoms with van der Waals surface area (Å²) in [5, 5.41) is 0. The van der Waals surface area contributed by atoms with Gasteiger partial charge in [-0.05, 0) is 42.9 Å². The van der Waals surface area contributed by atoms with Crippen LogP contribution in [0, 0.1) is 5.92 Å². The molecule has 3 heterocycles. The number of fused-ring (bicyclic) bond motifs is 2.